The van der Waals surface area contributed by atoms with Crippen LogP contribution in [0.4, 0.5) is 0 Å². The van der Waals surface area contributed by atoms with Crippen LogP contribution in [0.15, 0.2) is 97.2 Å². The van der Waals surface area contributed by atoms with E-state index >= 15 is 0 Å². The molecule has 0 aliphatic carbocycles. The number of nitrogens with one attached hydrogen (secondary N) is 1. The summed E-state index contributed by atoms with van der Waals surface area (Å²) in [6.07, 6.45) is 91.4. The molecule has 0 fully saturated rings. The summed E-state index contributed by atoms with van der Waals surface area (Å²) in [6, 6.07) is -0.873. The highest BCUT2D eigenvalue weighted by Crippen LogP contribution is 2.43. The summed E-state index contributed by atoms with van der Waals surface area (Å²) in [5, 5.41) is 13.9. The van der Waals surface area contributed by atoms with Crippen molar-refractivity contribution in [1.29, 1.82) is 0 Å². The molecule has 0 saturated carbocycles. The summed E-state index contributed by atoms with van der Waals surface area (Å²) in [7, 11) is 1.55. The third-order valence-corrected chi connectivity index (χ3v) is 16.2. The van der Waals surface area contributed by atoms with E-state index in [-0.39, 0.29) is 19.1 Å². The molecule has 1 amide bonds. The van der Waals surface area contributed by atoms with Gasteiger partial charge in [-0.3, -0.25) is 13.8 Å². The summed E-state index contributed by atoms with van der Waals surface area (Å²) < 4.78 is 23.7. The van der Waals surface area contributed by atoms with E-state index in [1.54, 1.807) is 6.08 Å². The number of nitrogens with zero attached hydrogens (tertiary/aromatic N) is 1. The van der Waals surface area contributed by atoms with Crippen LogP contribution in [0.1, 0.15) is 309 Å². The van der Waals surface area contributed by atoms with Crippen LogP contribution < -0.4 is 5.32 Å². The van der Waals surface area contributed by atoms with Crippen molar-refractivity contribution < 1.29 is 32.9 Å². The lowest BCUT2D eigenvalue weighted by Crippen LogP contribution is -2.45. The first-order chi connectivity index (χ1) is 40.0. The number of phosphoric acid groups is 1. The van der Waals surface area contributed by atoms with Crippen molar-refractivity contribution in [2.24, 2.45) is 0 Å². The van der Waals surface area contributed by atoms with Crippen LogP contribution >= 0.6 is 7.82 Å². The van der Waals surface area contributed by atoms with Crippen molar-refractivity contribution in [3.63, 3.8) is 0 Å². The van der Waals surface area contributed by atoms with Crippen LogP contribution in [0.25, 0.3) is 0 Å². The lowest BCUT2D eigenvalue weighted by atomic mass is 10.0. The van der Waals surface area contributed by atoms with E-state index < -0.39 is 20.0 Å². The molecule has 0 bridgehead atoms. The fraction of sp³-hybridized carbons (Fsp3) is 0.767. The normalized spacial score (nSPS) is 14.3. The number of aliphatic hydroxyl groups excluding tert-OH is 1. The van der Waals surface area contributed by atoms with Crippen LogP contribution in [0, 0.1) is 0 Å². The summed E-state index contributed by atoms with van der Waals surface area (Å²) >= 11 is 0. The van der Waals surface area contributed by atoms with E-state index in [4.69, 9.17) is 9.05 Å². The fourth-order valence-corrected chi connectivity index (χ4v) is 10.7. The van der Waals surface area contributed by atoms with Gasteiger partial charge in [-0.1, -0.05) is 310 Å². The van der Waals surface area contributed by atoms with Crippen molar-refractivity contribution in [3.8, 4) is 0 Å². The minimum absolute atomic E-state index is 0.0524. The van der Waals surface area contributed by atoms with Crippen molar-refractivity contribution in [2.75, 3.05) is 40.9 Å². The second-order valence-corrected chi connectivity index (χ2v) is 26.0. The molecular formula is C73H134N2O6P+. The van der Waals surface area contributed by atoms with Crippen molar-refractivity contribution in [3.05, 3.63) is 97.2 Å². The molecule has 3 atom stereocenters. The number of unbranched alkanes of at least 4 members (excludes halogenated alkanes) is 36. The van der Waals surface area contributed by atoms with Gasteiger partial charge < -0.3 is 19.8 Å². The molecule has 82 heavy (non-hydrogen) atoms. The molecule has 0 spiro atoms. The van der Waals surface area contributed by atoms with Crippen LogP contribution in [0.3, 0.4) is 0 Å². The highest BCUT2D eigenvalue weighted by Gasteiger charge is 2.28. The van der Waals surface area contributed by atoms with E-state index in [2.05, 4.69) is 104 Å². The Bertz CT molecular complexity index is 1660. The van der Waals surface area contributed by atoms with Crippen LogP contribution in [-0.2, 0) is 18.4 Å². The lowest BCUT2D eigenvalue weighted by Gasteiger charge is -2.25. The number of aliphatic hydroxyl groups is 1. The predicted octanol–water partition coefficient (Wildman–Crippen LogP) is 22.1. The number of hydrogen-bond acceptors (Lipinski definition) is 5. The van der Waals surface area contributed by atoms with E-state index in [1.807, 2.05) is 27.2 Å². The zero-order valence-corrected chi connectivity index (χ0v) is 55.4. The number of carbonyl (C=O) groups excluding carboxylic acids is 1. The van der Waals surface area contributed by atoms with Gasteiger partial charge in [0.1, 0.15) is 13.2 Å². The largest absolute Gasteiger partial charge is 0.472 e. The van der Waals surface area contributed by atoms with Gasteiger partial charge in [0.25, 0.3) is 0 Å². The Morgan fingerprint density at radius 2 is 0.744 bits per heavy atom. The standard InChI is InChI=1S/C73H133N2O6P/c1-6-8-10-12-14-16-18-20-22-24-26-27-28-29-30-31-32-33-34-35-36-37-38-39-40-41-42-43-44-45-46-47-49-51-53-55-57-59-61-63-65-67-73(77)74-71(70-81-82(78,79)80-69-68-75(3,4)5)72(76)66-64-62-60-58-56-54-52-50-48-25-23-21-19-17-15-13-11-9-7-2/h8,10,14,16,20,22,26-27,29-30,48,50,56,58,64,66,71-72,76H,6-7,9,11-13,15,17-19,21,23-25,28,31-47,49,51-55,57,59-63,65,67-70H2,1-5H3,(H-,74,77,78,79)/p+1/b10-8-,16-14-,22-20-,27-26-,30-29-,50-48+,58-56+,66-64+. The van der Waals surface area contributed by atoms with Crippen molar-refractivity contribution in [1.82, 2.24) is 5.32 Å². The Hall–Kier alpha value is -2.58. The maximum atomic E-state index is 13.0. The Balaban J connectivity index is 3.97. The number of rotatable bonds is 63. The number of amides is 1. The molecule has 9 heteroatoms. The zero-order valence-electron chi connectivity index (χ0n) is 54.5. The lowest BCUT2D eigenvalue weighted by molar-refractivity contribution is -0.870. The minimum Gasteiger partial charge on any atom is -0.387 e. The maximum absolute atomic E-state index is 13.0. The van der Waals surface area contributed by atoms with Gasteiger partial charge in [0.2, 0.25) is 5.91 Å². The number of likely N-dealkylation sites (N-methyl/N-ethyl adjacent to an activating group) is 1. The third-order valence-electron chi connectivity index (χ3n) is 15.3. The van der Waals surface area contributed by atoms with Gasteiger partial charge in [-0.25, -0.2) is 4.57 Å². The number of carbonyl (C=O) groups is 1. The Kier molecular flexibility index (Phi) is 61.0. The van der Waals surface area contributed by atoms with E-state index in [9.17, 15) is 19.4 Å². The first-order valence-corrected chi connectivity index (χ1v) is 36.1. The molecule has 3 N–H and O–H groups in total. The maximum Gasteiger partial charge on any atom is 0.472 e. The van der Waals surface area contributed by atoms with E-state index in [0.717, 1.165) is 77.0 Å². The molecule has 0 saturated heterocycles. The molecule has 0 aliphatic heterocycles. The molecule has 0 aromatic rings. The van der Waals surface area contributed by atoms with Gasteiger partial charge in [-0.05, 0) is 89.9 Å². The van der Waals surface area contributed by atoms with E-state index in [0.29, 0.717) is 17.4 Å². The van der Waals surface area contributed by atoms with Gasteiger partial charge in [0.05, 0.1) is 39.9 Å². The average Bonchev–Trinajstić information content (AvgIpc) is 3.47. The topological polar surface area (TPSA) is 105 Å². The highest BCUT2D eigenvalue weighted by atomic mass is 31.2. The highest BCUT2D eigenvalue weighted by molar-refractivity contribution is 7.47. The van der Waals surface area contributed by atoms with Crippen LogP contribution in [0.5, 0.6) is 0 Å². The second kappa shape index (κ2) is 62.9. The van der Waals surface area contributed by atoms with Gasteiger partial charge in [-0.2, -0.15) is 0 Å². The molecule has 3 unspecified atom stereocenters. The smallest absolute Gasteiger partial charge is 0.387 e. The molecule has 0 rings (SSSR count). The van der Waals surface area contributed by atoms with Gasteiger partial charge in [0.15, 0.2) is 0 Å². The SMILES string of the molecule is CC/C=C\C/C=C\C/C=C\C/C=C\C/C=C\CCCCCCCCCCCCCCCCCCCCCCCCCCCC(=O)NC(COP(=O)(O)OCC[N+](C)(C)C)C(O)/C=C/CC/C=C/CC/C=C/CCCCCCCCCCC. The molecule has 0 radical (unpaired) electrons. The number of allylic oxidation sites excluding steroid dienone is 15. The predicted molar refractivity (Wildman–Crippen MR) is 359 cm³/mol. The molecule has 0 aromatic heterocycles. The Labute approximate surface area is 509 Å². The summed E-state index contributed by atoms with van der Waals surface area (Å²) in [4.78, 5) is 23.4. The van der Waals surface area contributed by atoms with Crippen molar-refractivity contribution >= 4 is 13.7 Å². The van der Waals surface area contributed by atoms with Crippen molar-refractivity contribution in [2.45, 2.75) is 321 Å². The number of hydrogen-bond donors (Lipinski definition) is 3. The summed E-state index contributed by atoms with van der Waals surface area (Å²) in [5.74, 6) is -0.188. The molecule has 476 valence electrons. The number of phosphoric ester groups is 1. The monoisotopic (exact) mass is 1170 g/mol. The second-order valence-electron chi connectivity index (χ2n) is 24.5. The molecular weight excluding hydrogens is 1030 g/mol. The number of quaternary nitrogens is 1. The minimum atomic E-state index is -4.36. The summed E-state index contributed by atoms with van der Waals surface area (Å²) in [6.45, 7) is 4.69. The zero-order chi connectivity index (χ0) is 59.8. The van der Waals surface area contributed by atoms with Gasteiger partial charge >= 0.3 is 7.82 Å². The molecule has 0 aliphatic rings. The van der Waals surface area contributed by atoms with E-state index in [1.165, 1.54) is 212 Å². The first kappa shape index (κ1) is 79.4. The van der Waals surface area contributed by atoms with Gasteiger partial charge in [0, 0.05) is 6.42 Å². The molecule has 0 aromatic carbocycles. The Morgan fingerprint density at radius 1 is 0.427 bits per heavy atom. The van der Waals surface area contributed by atoms with Crippen LogP contribution in [0.2, 0.25) is 0 Å². The fourth-order valence-electron chi connectivity index (χ4n) is 9.93. The first-order valence-electron chi connectivity index (χ1n) is 34.6. The summed E-state index contributed by atoms with van der Waals surface area (Å²) in [5.41, 5.74) is 0. The van der Waals surface area contributed by atoms with Crippen LogP contribution in [-0.4, -0.2) is 73.4 Å². The average molecular weight is 1170 g/mol. The van der Waals surface area contributed by atoms with Gasteiger partial charge in [-0.15, -0.1) is 0 Å². The quantitative estimate of drug-likeness (QED) is 0.0243. The molecule has 0 heterocycles. The molecule has 8 nitrogen and oxygen atoms in total. The Morgan fingerprint density at radius 3 is 1.12 bits per heavy atom. The third kappa shape index (κ3) is 65.0.